The Hall–Kier alpha value is -1.67. The van der Waals surface area contributed by atoms with Gasteiger partial charge in [0, 0.05) is 12.2 Å². The van der Waals surface area contributed by atoms with Gasteiger partial charge in [-0.25, -0.2) is 8.42 Å². The van der Waals surface area contributed by atoms with Crippen LogP contribution in [0.1, 0.15) is 24.0 Å². The zero-order valence-corrected chi connectivity index (χ0v) is 11.6. The van der Waals surface area contributed by atoms with Crippen molar-refractivity contribution in [2.75, 3.05) is 6.26 Å². The number of nitriles is 1. The fraction of sp³-hybridized carbons (Fsp3) is 0.429. The zero-order valence-electron chi connectivity index (χ0n) is 10.8. The molecular weight excluding hydrogens is 262 g/mol. The molecule has 0 saturated heterocycles. The second-order valence-corrected chi connectivity index (χ2v) is 7.15. The Kier molecular flexibility index (Phi) is 3.23. The molecule has 1 aliphatic carbocycles. The van der Waals surface area contributed by atoms with E-state index in [1.54, 1.807) is 0 Å². The van der Waals surface area contributed by atoms with Gasteiger partial charge in [0.05, 0.1) is 11.3 Å². The monoisotopic (exact) mass is 277 g/mol. The van der Waals surface area contributed by atoms with Gasteiger partial charge in [0.15, 0.2) is 9.84 Å². The summed E-state index contributed by atoms with van der Waals surface area (Å²) in [4.78, 5) is 11.2. The highest BCUT2D eigenvalue weighted by Gasteiger charge is 2.71. The first-order valence-corrected chi connectivity index (χ1v) is 8.01. The third-order valence-electron chi connectivity index (χ3n) is 3.78. The molecule has 0 N–H and O–H groups in total. The van der Waals surface area contributed by atoms with E-state index >= 15 is 0 Å². The van der Waals surface area contributed by atoms with E-state index in [-0.39, 0.29) is 0 Å². The second kappa shape index (κ2) is 4.46. The Morgan fingerprint density at radius 2 is 1.95 bits per heavy atom. The lowest BCUT2D eigenvalue weighted by atomic mass is 10.0. The van der Waals surface area contributed by atoms with E-state index in [4.69, 9.17) is 0 Å². The number of carbonyl (C=O) groups is 1. The number of hydrogen-bond donors (Lipinski definition) is 0. The Bertz CT molecular complexity index is 642. The number of benzene rings is 1. The molecule has 19 heavy (non-hydrogen) atoms. The van der Waals surface area contributed by atoms with Crippen molar-refractivity contribution in [3.8, 4) is 6.07 Å². The van der Waals surface area contributed by atoms with Crippen LogP contribution in [0.4, 0.5) is 0 Å². The molecule has 1 aromatic rings. The number of sulfone groups is 1. The summed E-state index contributed by atoms with van der Waals surface area (Å²) in [5.41, 5.74) is 0.455. The molecule has 100 valence electrons. The highest BCUT2D eigenvalue weighted by atomic mass is 32.2. The van der Waals surface area contributed by atoms with Crippen LogP contribution in [0.2, 0.25) is 0 Å². The van der Waals surface area contributed by atoms with Crippen LogP contribution in [-0.4, -0.2) is 26.2 Å². The predicted molar refractivity (Wildman–Crippen MR) is 71.3 cm³/mol. The Morgan fingerprint density at radius 1 is 1.37 bits per heavy atom. The fourth-order valence-corrected chi connectivity index (χ4v) is 4.45. The van der Waals surface area contributed by atoms with Gasteiger partial charge >= 0.3 is 0 Å². The van der Waals surface area contributed by atoms with Gasteiger partial charge in [0.1, 0.15) is 11.7 Å². The number of carbonyl (C=O) groups excluding carboxylic acids is 1. The summed E-state index contributed by atoms with van der Waals surface area (Å²) in [5, 5.41) is 8.26. The van der Waals surface area contributed by atoms with Gasteiger partial charge in [0.2, 0.25) is 0 Å². The lowest BCUT2D eigenvalue weighted by molar-refractivity contribution is -0.110. The summed E-state index contributed by atoms with van der Waals surface area (Å²) in [6.45, 7) is 2.02. The third kappa shape index (κ3) is 2.06. The van der Waals surface area contributed by atoms with Crippen molar-refractivity contribution in [2.45, 2.75) is 24.5 Å². The average Bonchev–Trinajstić information content (AvgIpc) is 3.09. The lowest BCUT2D eigenvalue weighted by Gasteiger charge is -2.02. The molecule has 0 spiro atoms. The van der Waals surface area contributed by atoms with E-state index in [1.807, 2.05) is 37.3 Å². The van der Waals surface area contributed by atoms with Crippen molar-refractivity contribution in [2.24, 2.45) is 5.41 Å². The van der Waals surface area contributed by atoms with Gasteiger partial charge in [-0.15, -0.1) is 0 Å². The molecule has 3 atom stereocenters. The van der Waals surface area contributed by atoms with Crippen LogP contribution in [-0.2, 0) is 21.1 Å². The van der Waals surface area contributed by atoms with Crippen LogP contribution >= 0.6 is 0 Å². The largest absolute Gasteiger partial charge is 0.302 e. The number of nitrogens with zero attached hydrogens (tertiary/aromatic N) is 1. The van der Waals surface area contributed by atoms with Crippen LogP contribution in [0.15, 0.2) is 24.3 Å². The normalized spacial score (nSPS) is 29.5. The first-order valence-electron chi connectivity index (χ1n) is 6.06. The highest BCUT2D eigenvalue weighted by molar-refractivity contribution is 7.91. The van der Waals surface area contributed by atoms with Crippen molar-refractivity contribution in [3.05, 3.63) is 35.4 Å². The molecule has 1 aromatic carbocycles. The number of aldehydes is 1. The molecule has 1 saturated carbocycles. The zero-order chi connectivity index (χ0) is 14.3. The molecule has 1 aliphatic rings. The predicted octanol–water partition coefficient (Wildman–Crippen LogP) is 1.47. The van der Waals surface area contributed by atoms with E-state index in [0.717, 1.165) is 23.8 Å². The SMILES string of the molecule is CCc1ccc([C@@H]2[C@H](S(C)(=O)=O)[C@@]2(C#N)C=O)cc1. The van der Waals surface area contributed by atoms with Gasteiger partial charge in [-0.1, -0.05) is 31.2 Å². The van der Waals surface area contributed by atoms with Crippen LogP contribution in [0, 0.1) is 16.7 Å². The van der Waals surface area contributed by atoms with Gasteiger partial charge < -0.3 is 4.79 Å². The standard InChI is InChI=1S/C14H15NO3S/c1-3-10-4-6-11(7-5-10)12-13(19(2,17)18)14(12,8-15)9-16/h4-7,9,12-13H,3H2,1-2H3/t12-,13+,14+/m1/s1. The molecule has 1 fully saturated rings. The Balaban J connectivity index is 2.44. The molecule has 0 bridgehead atoms. The summed E-state index contributed by atoms with van der Waals surface area (Å²) >= 11 is 0. The Morgan fingerprint density at radius 3 is 2.26 bits per heavy atom. The maximum atomic E-state index is 11.7. The van der Waals surface area contributed by atoms with Crippen LogP contribution < -0.4 is 0 Å². The van der Waals surface area contributed by atoms with E-state index in [0.29, 0.717) is 6.29 Å². The van der Waals surface area contributed by atoms with Crippen molar-refractivity contribution < 1.29 is 13.2 Å². The fourth-order valence-electron chi connectivity index (χ4n) is 2.69. The molecule has 0 amide bonds. The molecule has 2 rings (SSSR count). The van der Waals surface area contributed by atoms with Crippen molar-refractivity contribution >= 4 is 16.1 Å². The third-order valence-corrected chi connectivity index (χ3v) is 5.36. The van der Waals surface area contributed by atoms with Gasteiger partial charge in [-0.3, -0.25) is 0 Å². The average molecular weight is 277 g/mol. The summed E-state index contributed by atoms with van der Waals surface area (Å²) in [7, 11) is -3.43. The topological polar surface area (TPSA) is 75.0 Å². The maximum Gasteiger partial charge on any atom is 0.153 e. The number of aryl methyl sites for hydroxylation is 1. The summed E-state index contributed by atoms with van der Waals surface area (Å²) < 4.78 is 23.4. The molecule has 0 radical (unpaired) electrons. The number of hydrogen-bond acceptors (Lipinski definition) is 4. The molecule has 0 aromatic heterocycles. The highest BCUT2D eigenvalue weighted by Crippen LogP contribution is 2.61. The molecule has 0 heterocycles. The minimum atomic E-state index is -3.43. The maximum absolute atomic E-state index is 11.7. The van der Waals surface area contributed by atoms with Crippen molar-refractivity contribution in [1.82, 2.24) is 0 Å². The quantitative estimate of drug-likeness (QED) is 0.781. The van der Waals surface area contributed by atoms with Gasteiger partial charge in [0.25, 0.3) is 0 Å². The molecule has 0 unspecified atom stereocenters. The van der Waals surface area contributed by atoms with E-state index in [9.17, 15) is 18.5 Å². The van der Waals surface area contributed by atoms with Crippen molar-refractivity contribution in [1.29, 1.82) is 5.26 Å². The van der Waals surface area contributed by atoms with Crippen LogP contribution in [0.5, 0.6) is 0 Å². The minimum absolute atomic E-state index is 0.483. The van der Waals surface area contributed by atoms with Gasteiger partial charge in [-0.2, -0.15) is 5.26 Å². The van der Waals surface area contributed by atoms with Crippen LogP contribution in [0.3, 0.4) is 0 Å². The number of rotatable bonds is 4. The van der Waals surface area contributed by atoms with Crippen LogP contribution in [0.25, 0.3) is 0 Å². The van der Waals surface area contributed by atoms with Crippen molar-refractivity contribution in [3.63, 3.8) is 0 Å². The Labute approximate surface area is 113 Å². The summed E-state index contributed by atoms with van der Waals surface area (Å²) in [6, 6.07) is 9.31. The molecule has 4 nitrogen and oxygen atoms in total. The lowest BCUT2D eigenvalue weighted by Crippen LogP contribution is -2.14. The van der Waals surface area contributed by atoms with E-state index < -0.39 is 26.4 Å². The first kappa shape index (κ1) is 13.8. The smallest absolute Gasteiger partial charge is 0.153 e. The summed E-state index contributed by atoms with van der Waals surface area (Å²) in [6.07, 6.45) is 2.45. The first-order chi connectivity index (χ1) is 8.90. The van der Waals surface area contributed by atoms with Gasteiger partial charge in [-0.05, 0) is 17.5 Å². The molecule has 0 aliphatic heterocycles. The molecular formula is C14H15NO3S. The minimum Gasteiger partial charge on any atom is -0.302 e. The summed E-state index contributed by atoms with van der Waals surface area (Å²) in [5.74, 6) is -0.545. The van der Waals surface area contributed by atoms with E-state index in [1.165, 1.54) is 0 Å². The second-order valence-electron chi connectivity index (χ2n) is 4.99. The molecule has 5 heteroatoms. The van der Waals surface area contributed by atoms with E-state index in [2.05, 4.69) is 0 Å².